The predicted molar refractivity (Wildman–Crippen MR) is 72.9 cm³/mol. The van der Waals surface area contributed by atoms with E-state index in [1.165, 1.54) is 5.56 Å². The summed E-state index contributed by atoms with van der Waals surface area (Å²) >= 11 is 0. The van der Waals surface area contributed by atoms with Gasteiger partial charge >= 0.3 is 0 Å². The van der Waals surface area contributed by atoms with Crippen LogP contribution >= 0.6 is 0 Å². The van der Waals surface area contributed by atoms with Crippen molar-refractivity contribution in [2.75, 3.05) is 24.8 Å². The van der Waals surface area contributed by atoms with Gasteiger partial charge in [0.1, 0.15) is 0 Å². The molecule has 96 valence electrons. The summed E-state index contributed by atoms with van der Waals surface area (Å²) in [6, 6.07) is 8.08. The molecule has 1 aromatic heterocycles. The highest BCUT2D eigenvalue weighted by Gasteiger charge is 2.07. The third kappa shape index (κ3) is 2.81. The fourth-order valence-corrected chi connectivity index (χ4v) is 1.80. The molecule has 2 aromatic rings. The van der Waals surface area contributed by atoms with E-state index in [4.69, 9.17) is 10.5 Å². The first-order valence-electron chi connectivity index (χ1n) is 5.83. The van der Waals surface area contributed by atoms with Crippen LogP contribution in [0.25, 0.3) is 0 Å². The average Bonchev–Trinajstić information content (AvgIpc) is 2.67. The Morgan fingerprint density at radius 1 is 1.39 bits per heavy atom. The Balaban J connectivity index is 2.20. The van der Waals surface area contributed by atoms with Crippen molar-refractivity contribution in [3.05, 3.63) is 36.0 Å². The van der Waals surface area contributed by atoms with Gasteiger partial charge in [-0.15, -0.1) is 0 Å². The van der Waals surface area contributed by atoms with Gasteiger partial charge < -0.3 is 15.8 Å². The van der Waals surface area contributed by atoms with Crippen LogP contribution in [0.4, 0.5) is 17.2 Å². The molecule has 0 aliphatic rings. The SMILES string of the molecule is COCCc1ccccc1Nc1nn(C)cc1N. The quantitative estimate of drug-likeness (QED) is 0.846. The van der Waals surface area contributed by atoms with Crippen molar-refractivity contribution in [2.45, 2.75) is 6.42 Å². The maximum Gasteiger partial charge on any atom is 0.175 e. The lowest BCUT2D eigenvalue weighted by Gasteiger charge is -2.10. The van der Waals surface area contributed by atoms with Crippen molar-refractivity contribution in [2.24, 2.45) is 7.05 Å². The standard InChI is InChI=1S/C13H18N4O/c1-17-9-11(14)13(16-17)15-12-6-4-3-5-10(12)7-8-18-2/h3-6,9H,7-8,14H2,1-2H3,(H,15,16). The van der Waals surface area contributed by atoms with E-state index in [9.17, 15) is 0 Å². The molecule has 1 aromatic carbocycles. The largest absolute Gasteiger partial charge is 0.394 e. The first kappa shape index (κ1) is 12.4. The van der Waals surface area contributed by atoms with Crippen molar-refractivity contribution >= 4 is 17.2 Å². The van der Waals surface area contributed by atoms with Crippen molar-refractivity contribution in [3.8, 4) is 0 Å². The number of anilines is 3. The van der Waals surface area contributed by atoms with Crippen molar-refractivity contribution in [1.82, 2.24) is 9.78 Å². The van der Waals surface area contributed by atoms with Gasteiger partial charge in [0.15, 0.2) is 5.82 Å². The molecule has 0 atom stereocenters. The Labute approximate surface area is 107 Å². The van der Waals surface area contributed by atoms with Crippen LogP contribution in [-0.2, 0) is 18.2 Å². The second-order valence-corrected chi connectivity index (χ2v) is 4.13. The van der Waals surface area contributed by atoms with Crippen LogP contribution in [0.2, 0.25) is 0 Å². The maximum absolute atomic E-state index is 5.87. The number of hydrogen-bond donors (Lipinski definition) is 2. The molecule has 18 heavy (non-hydrogen) atoms. The molecule has 0 aliphatic carbocycles. The highest BCUT2D eigenvalue weighted by atomic mass is 16.5. The minimum atomic E-state index is 0.638. The topological polar surface area (TPSA) is 65.1 Å². The predicted octanol–water partition coefficient (Wildman–Crippen LogP) is 1.93. The highest BCUT2D eigenvalue weighted by molar-refractivity contribution is 5.69. The fourth-order valence-electron chi connectivity index (χ4n) is 1.80. The lowest BCUT2D eigenvalue weighted by molar-refractivity contribution is 0.202. The molecule has 5 nitrogen and oxygen atoms in total. The highest BCUT2D eigenvalue weighted by Crippen LogP contribution is 2.23. The van der Waals surface area contributed by atoms with Crippen LogP contribution < -0.4 is 11.1 Å². The number of methoxy groups -OCH3 is 1. The second-order valence-electron chi connectivity index (χ2n) is 4.13. The van der Waals surface area contributed by atoms with Gasteiger partial charge in [-0.3, -0.25) is 4.68 Å². The third-order valence-electron chi connectivity index (χ3n) is 2.70. The number of aryl methyl sites for hydroxylation is 1. The van der Waals surface area contributed by atoms with Gasteiger partial charge in [0.2, 0.25) is 0 Å². The van der Waals surface area contributed by atoms with E-state index >= 15 is 0 Å². The summed E-state index contributed by atoms with van der Waals surface area (Å²) < 4.78 is 6.80. The number of nitrogens with one attached hydrogen (secondary N) is 1. The number of nitrogens with zero attached hydrogens (tertiary/aromatic N) is 2. The molecule has 0 saturated heterocycles. The molecule has 0 radical (unpaired) electrons. The molecule has 2 rings (SSSR count). The number of aromatic nitrogens is 2. The smallest absolute Gasteiger partial charge is 0.175 e. The number of hydrogen-bond acceptors (Lipinski definition) is 4. The van der Waals surface area contributed by atoms with Crippen LogP contribution in [0.1, 0.15) is 5.56 Å². The lowest BCUT2D eigenvalue weighted by Crippen LogP contribution is -2.02. The molecular weight excluding hydrogens is 228 g/mol. The number of para-hydroxylation sites is 1. The summed E-state index contributed by atoms with van der Waals surface area (Å²) in [5.41, 5.74) is 8.71. The summed E-state index contributed by atoms with van der Waals surface area (Å²) in [7, 11) is 3.55. The van der Waals surface area contributed by atoms with Gasteiger partial charge in [-0.2, -0.15) is 5.10 Å². The Morgan fingerprint density at radius 2 is 2.17 bits per heavy atom. The van der Waals surface area contributed by atoms with E-state index in [1.54, 1.807) is 18.0 Å². The van der Waals surface area contributed by atoms with Gasteiger partial charge in [0.25, 0.3) is 0 Å². The van der Waals surface area contributed by atoms with Gasteiger partial charge in [-0.05, 0) is 18.1 Å². The van der Waals surface area contributed by atoms with E-state index in [-0.39, 0.29) is 0 Å². The number of rotatable bonds is 5. The van der Waals surface area contributed by atoms with Gasteiger partial charge in [0.05, 0.1) is 12.3 Å². The Bertz CT molecular complexity index is 521. The minimum absolute atomic E-state index is 0.638. The number of nitrogen functional groups attached to an aromatic ring is 1. The molecule has 0 saturated carbocycles. The lowest BCUT2D eigenvalue weighted by atomic mass is 10.1. The number of benzene rings is 1. The number of nitrogens with two attached hydrogens (primary N) is 1. The van der Waals surface area contributed by atoms with E-state index in [1.807, 2.05) is 25.2 Å². The Hall–Kier alpha value is -2.01. The third-order valence-corrected chi connectivity index (χ3v) is 2.70. The Kier molecular flexibility index (Phi) is 3.84. The van der Waals surface area contributed by atoms with Crippen LogP contribution in [-0.4, -0.2) is 23.5 Å². The summed E-state index contributed by atoms with van der Waals surface area (Å²) in [5, 5.41) is 7.53. The van der Waals surface area contributed by atoms with Crippen LogP contribution in [0, 0.1) is 0 Å². The van der Waals surface area contributed by atoms with Gasteiger partial charge in [-0.1, -0.05) is 18.2 Å². The molecule has 3 N–H and O–H groups in total. The molecule has 1 heterocycles. The monoisotopic (exact) mass is 246 g/mol. The molecule has 0 spiro atoms. The first-order valence-corrected chi connectivity index (χ1v) is 5.83. The summed E-state index contributed by atoms with van der Waals surface area (Å²) in [6.07, 6.45) is 2.63. The summed E-state index contributed by atoms with van der Waals surface area (Å²) in [5.74, 6) is 0.683. The first-order chi connectivity index (χ1) is 8.70. The minimum Gasteiger partial charge on any atom is -0.394 e. The molecule has 0 aliphatic heterocycles. The van der Waals surface area contributed by atoms with E-state index < -0.39 is 0 Å². The molecule has 0 fully saturated rings. The zero-order valence-corrected chi connectivity index (χ0v) is 10.7. The Morgan fingerprint density at radius 3 is 2.83 bits per heavy atom. The second kappa shape index (κ2) is 5.55. The molecule has 0 amide bonds. The molecule has 0 bridgehead atoms. The number of ether oxygens (including phenoxy) is 1. The van der Waals surface area contributed by atoms with Crippen LogP contribution in [0.5, 0.6) is 0 Å². The van der Waals surface area contributed by atoms with E-state index in [0.717, 1.165) is 12.1 Å². The molecule has 0 unspecified atom stereocenters. The van der Waals surface area contributed by atoms with Crippen molar-refractivity contribution in [3.63, 3.8) is 0 Å². The normalized spacial score (nSPS) is 10.6. The van der Waals surface area contributed by atoms with E-state index in [0.29, 0.717) is 18.1 Å². The van der Waals surface area contributed by atoms with Crippen LogP contribution in [0.15, 0.2) is 30.5 Å². The van der Waals surface area contributed by atoms with Gasteiger partial charge in [0, 0.05) is 26.0 Å². The van der Waals surface area contributed by atoms with E-state index in [2.05, 4.69) is 16.5 Å². The van der Waals surface area contributed by atoms with Crippen LogP contribution in [0.3, 0.4) is 0 Å². The average molecular weight is 246 g/mol. The zero-order chi connectivity index (χ0) is 13.0. The summed E-state index contributed by atoms with van der Waals surface area (Å²) in [6.45, 7) is 0.691. The zero-order valence-electron chi connectivity index (χ0n) is 10.7. The molecule has 5 heteroatoms. The maximum atomic E-state index is 5.87. The summed E-state index contributed by atoms with van der Waals surface area (Å²) in [4.78, 5) is 0. The van der Waals surface area contributed by atoms with Crippen molar-refractivity contribution in [1.29, 1.82) is 0 Å². The van der Waals surface area contributed by atoms with Crippen molar-refractivity contribution < 1.29 is 4.74 Å². The molecular formula is C13H18N4O. The fraction of sp³-hybridized carbons (Fsp3) is 0.308. The van der Waals surface area contributed by atoms with Gasteiger partial charge in [-0.25, -0.2) is 0 Å².